The third kappa shape index (κ3) is 2.42. The van der Waals surface area contributed by atoms with Crippen molar-refractivity contribution in [2.75, 3.05) is 13.2 Å². The summed E-state index contributed by atoms with van der Waals surface area (Å²) in [6, 6.07) is 6.63. The summed E-state index contributed by atoms with van der Waals surface area (Å²) in [5, 5.41) is 0. The maximum Gasteiger partial charge on any atom is 0.173 e. The molecule has 0 bridgehead atoms. The molecule has 2 saturated carbocycles. The molecule has 26 heavy (non-hydrogen) atoms. The number of carbonyl (C=O) groups excluding carboxylic acids is 1. The van der Waals surface area contributed by atoms with Crippen LogP contribution >= 0.6 is 0 Å². The summed E-state index contributed by atoms with van der Waals surface area (Å²) in [5.74, 6) is -0.495. The molecule has 1 heterocycles. The molecule has 0 aromatic heterocycles. The second-order valence-electron chi connectivity index (χ2n) is 8.70. The minimum absolute atomic E-state index is 0.165. The van der Waals surface area contributed by atoms with Crippen LogP contribution in [0.1, 0.15) is 52.0 Å². The summed E-state index contributed by atoms with van der Waals surface area (Å²) < 4.78 is 26.2. The highest BCUT2D eigenvalue weighted by Gasteiger charge is 2.64. The molecule has 1 aromatic carbocycles. The fraction of sp³-hybridized carbons (Fsp3) is 0.591. The number of allylic oxidation sites excluding steroid dienone is 1. The third-order valence-electron chi connectivity index (χ3n) is 7.10. The van der Waals surface area contributed by atoms with E-state index >= 15 is 0 Å². The van der Waals surface area contributed by atoms with E-state index in [9.17, 15) is 9.18 Å². The lowest BCUT2D eigenvalue weighted by molar-refractivity contribution is -0.281. The first kappa shape index (κ1) is 17.9. The number of rotatable bonds is 1. The summed E-state index contributed by atoms with van der Waals surface area (Å²) in [7, 11) is 0. The number of halogens is 1. The number of benzene rings is 1. The Bertz CT molecular complexity index is 760. The Kier molecular flexibility index (Phi) is 4.12. The molecule has 1 aliphatic heterocycles. The number of ketones is 1. The van der Waals surface area contributed by atoms with Gasteiger partial charge in [0.25, 0.3) is 0 Å². The lowest BCUT2D eigenvalue weighted by Gasteiger charge is -2.59. The molecule has 0 amide bonds. The second-order valence-corrected chi connectivity index (χ2v) is 8.70. The largest absolute Gasteiger partial charge is 0.347 e. The van der Waals surface area contributed by atoms with Gasteiger partial charge in [-0.05, 0) is 42.9 Å². The average Bonchev–Trinajstić information content (AvgIpc) is 3.09. The lowest BCUT2D eigenvalue weighted by Crippen LogP contribution is -2.61. The molecule has 1 saturated heterocycles. The number of hydrogen-bond acceptors (Lipinski definition) is 3. The highest BCUT2D eigenvalue weighted by Crippen LogP contribution is 2.62. The zero-order valence-corrected chi connectivity index (χ0v) is 15.8. The Morgan fingerprint density at radius 1 is 1.12 bits per heavy atom. The van der Waals surface area contributed by atoms with Crippen LogP contribution in [-0.2, 0) is 14.3 Å². The Morgan fingerprint density at radius 2 is 1.81 bits per heavy atom. The topological polar surface area (TPSA) is 35.5 Å². The average molecular weight is 358 g/mol. The van der Waals surface area contributed by atoms with E-state index in [4.69, 9.17) is 9.47 Å². The Hall–Kier alpha value is -1.52. The molecule has 1 spiro atoms. The van der Waals surface area contributed by atoms with Crippen LogP contribution in [0.4, 0.5) is 4.39 Å². The SMILES string of the molecule is CC1(C)[C@H]2CC/C(=C\c3ccccc3F)C(=O)[C@]2(C)CCC12OCCO2. The van der Waals surface area contributed by atoms with E-state index in [1.165, 1.54) is 6.07 Å². The van der Waals surface area contributed by atoms with Crippen LogP contribution < -0.4 is 0 Å². The normalized spacial score (nSPS) is 34.2. The molecule has 140 valence electrons. The zero-order chi connectivity index (χ0) is 18.6. The minimum atomic E-state index is -0.565. The van der Waals surface area contributed by atoms with Crippen molar-refractivity contribution < 1.29 is 18.7 Å². The Balaban J connectivity index is 1.68. The quantitative estimate of drug-likeness (QED) is 0.679. The molecule has 4 heteroatoms. The number of carbonyl (C=O) groups is 1. The molecule has 0 radical (unpaired) electrons. The molecule has 0 N–H and O–H groups in total. The highest BCUT2D eigenvalue weighted by molar-refractivity contribution is 6.04. The van der Waals surface area contributed by atoms with Crippen LogP contribution in [-0.4, -0.2) is 24.8 Å². The summed E-state index contributed by atoms with van der Waals surface area (Å²) in [5.41, 5.74) is 0.551. The van der Waals surface area contributed by atoms with Crippen molar-refractivity contribution in [2.45, 2.75) is 52.2 Å². The van der Waals surface area contributed by atoms with E-state index in [-0.39, 0.29) is 22.9 Å². The van der Waals surface area contributed by atoms with Gasteiger partial charge in [0.2, 0.25) is 0 Å². The van der Waals surface area contributed by atoms with Gasteiger partial charge in [-0.25, -0.2) is 4.39 Å². The monoisotopic (exact) mass is 358 g/mol. The Labute approximate surface area is 154 Å². The third-order valence-corrected chi connectivity index (χ3v) is 7.10. The smallest absolute Gasteiger partial charge is 0.173 e. The van der Waals surface area contributed by atoms with Crippen molar-refractivity contribution in [1.82, 2.24) is 0 Å². The Morgan fingerprint density at radius 3 is 2.50 bits per heavy atom. The fourth-order valence-corrected chi connectivity index (χ4v) is 5.60. The van der Waals surface area contributed by atoms with E-state index in [0.29, 0.717) is 25.2 Å². The first-order chi connectivity index (χ1) is 12.3. The van der Waals surface area contributed by atoms with Crippen molar-refractivity contribution in [3.63, 3.8) is 0 Å². The molecular formula is C22H27FO3. The van der Waals surface area contributed by atoms with Crippen molar-refractivity contribution in [3.05, 3.63) is 41.2 Å². The number of fused-ring (bicyclic) bond motifs is 1. The van der Waals surface area contributed by atoms with E-state index < -0.39 is 11.2 Å². The fourth-order valence-electron chi connectivity index (χ4n) is 5.60. The maximum absolute atomic E-state index is 14.0. The van der Waals surface area contributed by atoms with Gasteiger partial charge in [-0.2, -0.15) is 0 Å². The van der Waals surface area contributed by atoms with Crippen LogP contribution in [0.5, 0.6) is 0 Å². The number of Topliss-reactive ketones (excluding diaryl/α,β-unsaturated/α-hetero) is 1. The number of ether oxygens (including phenoxy) is 2. The summed E-state index contributed by atoms with van der Waals surface area (Å²) >= 11 is 0. The molecule has 3 nitrogen and oxygen atoms in total. The zero-order valence-electron chi connectivity index (χ0n) is 15.8. The van der Waals surface area contributed by atoms with Crippen LogP contribution in [0.25, 0.3) is 6.08 Å². The van der Waals surface area contributed by atoms with Crippen molar-refractivity contribution in [1.29, 1.82) is 0 Å². The predicted octanol–water partition coefficient (Wildman–Crippen LogP) is 4.76. The van der Waals surface area contributed by atoms with Gasteiger partial charge in [-0.15, -0.1) is 0 Å². The van der Waals surface area contributed by atoms with Gasteiger partial charge in [-0.3, -0.25) is 4.79 Å². The van der Waals surface area contributed by atoms with E-state index in [1.807, 2.05) is 0 Å². The molecule has 3 aliphatic rings. The minimum Gasteiger partial charge on any atom is -0.347 e. The van der Waals surface area contributed by atoms with Crippen molar-refractivity contribution in [3.8, 4) is 0 Å². The molecule has 2 atom stereocenters. The van der Waals surface area contributed by atoms with Gasteiger partial charge in [0.05, 0.1) is 13.2 Å². The molecule has 3 fully saturated rings. The van der Waals surface area contributed by atoms with E-state index in [2.05, 4.69) is 20.8 Å². The maximum atomic E-state index is 14.0. The van der Waals surface area contributed by atoms with Crippen LogP contribution in [0, 0.1) is 22.6 Å². The molecule has 1 aromatic rings. The van der Waals surface area contributed by atoms with Crippen LogP contribution in [0.2, 0.25) is 0 Å². The van der Waals surface area contributed by atoms with Crippen molar-refractivity contribution in [2.24, 2.45) is 16.7 Å². The summed E-state index contributed by atoms with van der Waals surface area (Å²) in [6.45, 7) is 7.69. The molecule has 4 rings (SSSR count). The van der Waals surface area contributed by atoms with Gasteiger partial charge in [-0.1, -0.05) is 39.0 Å². The van der Waals surface area contributed by atoms with Gasteiger partial charge in [0, 0.05) is 22.8 Å². The summed E-state index contributed by atoms with van der Waals surface area (Å²) in [6.07, 6.45) is 4.79. The van der Waals surface area contributed by atoms with Crippen LogP contribution in [0.15, 0.2) is 29.8 Å². The summed E-state index contributed by atoms with van der Waals surface area (Å²) in [4.78, 5) is 13.4. The van der Waals surface area contributed by atoms with Gasteiger partial charge in [0.1, 0.15) is 5.82 Å². The molecular weight excluding hydrogens is 331 g/mol. The standard InChI is InChI=1S/C22H27FO3/c1-20(2)18-9-8-16(14-15-6-4-5-7-17(15)23)19(24)21(18,3)10-11-22(20)25-12-13-26-22/h4-7,14,18H,8-13H2,1-3H3/b16-14+/t18-,21-/m1/s1. The first-order valence-electron chi connectivity index (χ1n) is 9.58. The van der Waals surface area contributed by atoms with Gasteiger partial charge < -0.3 is 9.47 Å². The van der Waals surface area contributed by atoms with Crippen molar-refractivity contribution >= 4 is 11.9 Å². The molecule has 0 unspecified atom stereocenters. The van der Waals surface area contributed by atoms with Crippen LogP contribution in [0.3, 0.4) is 0 Å². The second kappa shape index (κ2) is 6.00. The number of hydrogen-bond donors (Lipinski definition) is 0. The first-order valence-corrected chi connectivity index (χ1v) is 9.58. The lowest BCUT2D eigenvalue weighted by atomic mass is 9.48. The highest BCUT2D eigenvalue weighted by atomic mass is 19.1. The van der Waals surface area contributed by atoms with Gasteiger partial charge in [0.15, 0.2) is 11.6 Å². The molecule has 2 aliphatic carbocycles. The van der Waals surface area contributed by atoms with E-state index in [0.717, 1.165) is 24.8 Å². The predicted molar refractivity (Wildman–Crippen MR) is 97.9 cm³/mol. The van der Waals surface area contributed by atoms with Gasteiger partial charge >= 0.3 is 0 Å². The van der Waals surface area contributed by atoms with E-state index in [1.54, 1.807) is 24.3 Å².